The summed E-state index contributed by atoms with van der Waals surface area (Å²) in [6.45, 7) is 0. The van der Waals surface area contributed by atoms with E-state index in [4.69, 9.17) is 0 Å². The van der Waals surface area contributed by atoms with Gasteiger partial charge in [-0.2, -0.15) is 0 Å². The van der Waals surface area contributed by atoms with Gasteiger partial charge in [0.05, 0.1) is 7.11 Å². The van der Waals surface area contributed by atoms with Gasteiger partial charge in [-0.3, -0.25) is 4.79 Å². The number of carbonyl (C=O) groups is 1. The fraction of sp³-hybridized carbons (Fsp3) is 0.875. The first-order chi connectivity index (χ1) is 5.29. The molecule has 0 aliphatic heterocycles. The fourth-order valence-electron chi connectivity index (χ4n) is 1.45. The van der Waals surface area contributed by atoms with E-state index in [9.17, 15) is 4.79 Å². The Kier molecular flexibility index (Phi) is 5.25. The minimum Gasteiger partial charge on any atom is -0.468 e. The van der Waals surface area contributed by atoms with Crippen molar-refractivity contribution in [3.63, 3.8) is 0 Å². The summed E-state index contributed by atoms with van der Waals surface area (Å²) in [6, 6.07) is -0.0752. The van der Waals surface area contributed by atoms with Crippen molar-refractivity contribution in [1.29, 1.82) is 0 Å². The number of halogens is 1. The lowest BCUT2D eigenvalue weighted by Crippen LogP contribution is -2.44. The van der Waals surface area contributed by atoms with Crippen LogP contribution < -0.4 is 5.32 Å². The molecule has 72 valence electrons. The highest BCUT2D eigenvalue weighted by molar-refractivity contribution is 5.85. The van der Waals surface area contributed by atoms with E-state index in [2.05, 4.69) is 10.1 Å². The molecule has 0 saturated heterocycles. The SMILES string of the molecule is CNC(C(=O)OC)C1CCC1.Cl. The minimum absolute atomic E-state index is 0. The smallest absolute Gasteiger partial charge is 0.323 e. The summed E-state index contributed by atoms with van der Waals surface area (Å²) in [5.74, 6) is 0.379. The zero-order valence-corrected chi connectivity index (χ0v) is 8.32. The van der Waals surface area contributed by atoms with E-state index in [1.807, 2.05) is 0 Å². The number of methoxy groups -OCH3 is 1. The Morgan fingerprint density at radius 3 is 2.42 bits per heavy atom. The van der Waals surface area contributed by atoms with Gasteiger partial charge in [-0.05, 0) is 25.8 Å². The normalized spacial score (nSPS) is 18.8. The molecule has 1 unspecified atom stereocenters. The van der Waals surface area contributed by atoms with E-state index in [1.54, 1.807) is 7.05 Å². The number of ether oxygens (including phenoxy) is 1. The molecule has 0 heterocycles. The first kappa shape index (κ1) is 11.7. The van der Waals surface area contributed by atoms with E-state index in [0.29, 0.717) is 5.92 Å². The monoisotopic (exact) mass is 193 g/mol. The molecule has 0 amide bonds. The second-order valence-electron chi connectivity index (χ2n) is 2.98. The Hall–Kier alpha value is -0.280. The second-order valence-corrected chi connectivity index (χ2v) is 2.98. The Balaban J connectivity index is 0.00000121. The Bertz CT molecular complexity index is 148. The van der Waals surface area contributed by atoms with Crippen LogP contribution in [0.5, 0.6) is 0 Å². The van der Waals surface area contributed by atoms with Gasteiger partial charge in [-0.1, -0.05) is 6.42 Å². The molecule has 1 aliphatic carbocycles. The van der Waals surface area contributed by atoms with Crippen LogP contribution in [0, 0.1) is 5.92 Å². The Labute approximate surface area is 79.3 Å². The molecule has 1 saturated carbocycles. The maximum Gasteiger partial charge on any atom is 0.323 e. The summed E-state index contributed by atoms with van der Waals surface area (Å²) in [7, 11) is 3.24. The van der Waals surface area contributed by atoms with Crippen LogP contribution in [0.2, 0.25) is 0 Å². The molecule has 4 heteroatoms. The molecule has 0 aromatic carbocycles. The van der Waals surface area contributed by atoms with Crippen molar-refractivity contribution in [3.8, 4) is 0 Å². The Morgan fingerprint density at radius 2 is 2.17 bits per heavy atom. The van der Waals surface area contributed by atoms with Crippen LogP contribution in [0.1, 0.15) is 19.3 Å². The predicted molar refractivity (Wildman–Crippen MR) is 49.5 cm³/mol. The van der Waals surface area contributed by atoms with Gasteiger partial charge < -0.3 is 10.1 Å². The zero-order chi connectivity index (χ0) is 8.27. The molecule has 12 heavy (non-hydrogen) atoms. The molecule has 1 rings (SSSR count). The van der Waals surface area contributed by atoms with Gasteiger partial charge in [0.25, 0.3) is 0 Å². The number of carbonyl (C=O) groups excluding carboxylic acids is 1. The predicted octanol–water partition coefficient (Wildman–Crippen LogP) is 0.969. The molecule has 1 fully saturated rings. The average molecular weight is 194 g/mol. The van der Waals surface area contributed by atoms with E-state index >= 15 is 0 Å². The van der Waals surface area contributed by atoms with Crippen molar-refractivity contribution in [2.24, 2.45) is 5.92 Å². The molecular weight excluding hydrogens is 178 g/mol. The summed E-state index contributed by atoms with van der Waals surface area (Å²) >= 11 is 0. The maximum atomic E-state index is 11.1. The molecule has 3 nitrogen and oxygen atoms in total. The molecule has 0 bridgehead atoms. The lowest BCUT2D eigenvalue weighted by molar-refractivity contribution is -0.145. The second kappa shape index (κ2) is 5.38. The third kappa shape index (κ3) is 2.35. The highest BCUT2D eigenvalue weighted by atomic mass is 35.5. The van der Waals surface area contributed by atoms with Crippen molar-refractivity contribution >= 4 is 18.4 Å². The molecule has 0 spiro atoms. The van der Waals surface area contributed by atoms with E-state index < -0.39 is 0 Å². The van der Waals surface area contributed by atoms with Crippen LogP contribution in [-0.2, 0) is 9.53 Å². The maximum absolute atomic E-state index is 11.1. The minimum atomic E-state index is -0.128. The van der Waals surface area contributed by atoms with Gasteiger partial charge in [-0.15, -0.1) is 12.4 Å². The molecule has 0 aromatic rings. The van der Waals surface area contributed by atoms with Crippen molar-refractivity contribution in [2.45, 2.75) is 25.3 Å². The number of hydrogen-bond acceptors (Lipinski definition) is 3. The van der Waals surface area contributed by atoms with Gasteiger partial charge in [-0.25, -0.2) is 0 Å². The lowest BCUT2D eigenvalue weighted by Gasteiger charge is -2.31. The molecule has 0 aromatic heterocycles. The molecular formula is C8H16ClNO2. The standard InChI is InChI=1S/C8H15NO2.ClH/c1-9-7(8(10)11-2)6-4-3-5-6;/h6-7,9H,3-5H2,1-2H3;1H. The molecule has 1 N–H and O–H groups in total. The van der Waals surface area contributed by atoms with Crippen molar-refractivity contribution in [3.05, 3.63) is 0 Å². The number of likely N-dealkylation sites (N-methyl/N-ethyl adjacent to an activating group) is 1. The number of esters is 1. The summed E-state index contributed by atoms with van der Waals surface area (Å²) in [5.41, 5.74) is 0. The molecule has 1 atom stereocenters. The number of rotatable bonds is 3. The van der Waals surface area contributed by atoms with Gasteiger partial charge in [0.2, 0.25) is 0 Å². The van der Waals surface area contributed by atoms with Crippen LogP contribution in [0.3, 0.4) is 0 Å². The summed E-state index contributed by atoms with van der Waals surface area (Å²) in [4.78, 5) is 11.1. The van der Waals surface area contributed by atoms with Gasteiger partial charge in [0.1, 0.15) is 6.04 Å². The van der Waals surface area contributed by atoms with Crippen LogP contribution >= 0.6 is 12.4 Å². The van der Waals surface area contributed by atoms with Gasteiger partial charge >= 0.3 is 5.97 Å². The van der Waals surface area contributed by atoms with Crippen LogP contribution in [-0.4, -0.2) is 26.2 Å². The highest BCUT2D eigenvalue weighted by Gasteiger charge is 2.31. The highest BCUT2D eigenvalue weighted by Crippen LogP contribution is 2.29. The van der Waals surface area contributed by atoms with Crippen molar-refractivity contribution < 1.29 is 9.53 Å². The largest absolute Gasteiger partial charge is 0.468 e. The van der Waals surface area contributed by atoms with E-state index in [0.717, 1.165) is 12.8 Å². The summed E-state index contributed by atoms with van der Waals surface area (Å²) < 4.78 is 4.66. The van der Waals surface area contributed by atoms with Crippen LogP contribution in [0.4, 0.5) is 0 Å². The summed E-state index contributed by atoms with van der Waals surface area (Å²) in [6.07, 6.45) is 3.56. The zero-order valence-electron chi connectivity index (χ0n) is 7.50. The third-order valence-electron chi connectivity index (χ3n) is 2.39. The fourth-order valence-corrected chi connectivity index (χ4v) is 1.45. The number of hydrogen-bond donors (Lipinski definition) is 1. The van der Waals surface area contributed by atoms with E-state index in [-0.39, 0.29) is 24.4 Å². The number of nitrogens with one attached hydrogen (secondary N) is 1. The molecule has 0 radical (unpaired) electrons. The van der Waals surface area contributed by atoms with Crippen LogP contribution in [0.15, 0.2) is 0 Å². The first-order valence-electron chi connectivity index (χ1n) is 4.04. The van der Waals surface area contributed by atoms with Gasteiger partial charge in [0.15, 0.2) is 0 Å². The average Bonchev–Trinajstić information content (AvgIpc) is 1.94. The van der Waals surface area contributed by atoms with Gasteiger partial charge in [0, 0.05) is 0 Å². The topological polar surface area (TPSA) is 38.3 Å². The lowest BCUT2D eigenvalue weighted by atomic mass is 9.80. The quantitative estimate of drug-likeness (QED) is 0.679. The third-order valence-corrected chi connectivity index (χ3v) is 2.39. The van der Waals surface area contributed by atoms with Crippen LogP contribution in [0.25, 0.3) is 0 Å². The van der Waals surface area contributed by atoms with Crippen molar-refractivity contribution in [2.75, 3.05) is 14.2 Å². The van der Waals surface area contributed by atoms with E-state index in [1.165, 1.54) is 13.5 Å². The molecule has 1 aliphatic rings. The Morgan fingerprint density at radius 1 is 1.58 bits per heavy atom. The summed E-state index contributed by atoms with van der Waals surface area (Å²) in [5, 5.41) is 2.98. The van der Waals surface area contributed by atoms with Crippen molar-refractivity contribution in [1.82, 2.24) is 5.32 Å². The first-order valence-corrected chi connectivity index (χ1v) is 4.04.